The zero-order valence-corrected chi connectivity index (χ0v) is 12.0. The Balaban J connectivity index is 2.08. The van der Waals surface area contributed by atoms with Crippen molar-refractivity contribution in [2.24, 2.45) is 5.73 Å². The third-order valence-electron chi connectivity index (χ3n) is 3.34. The molecular formula is C13H16BrFN2O2. The lowest BCUT2D eigenvalue weighted by molar-refractivity contribution is -0.142. The fourth-order valence-electron chi connectivity index (χ4n) is 2.42. The molecule has 3 N–H and O–H groups in total. The number of nitrogens with two attached hydrogens (primary N) is 1. The summed E-state index contributed by atoms with van der Waals surface area (Å²) in [5.74, 6) is -1.01. The Bertz CT molecular complexity index is 477. The van der Waals surface area contributed by atoms with Gasteiger partial charge in [-0.3, -0.25) is 9.69 Å². The van der Waals surface area contributed by atoms with Crippen molar-refractivity contribution in [1.82, 2.24) is 4.90 Å². The monoisotopic (exact) mass is 330 g/mol. The van der Waals surface area contributed by atoms with E-state index in [0.29, 0.717) is 23.9 Å². The van der Waals surface area contributed by atoms with Crippen LogP contribution in [-0.4, -0.2) is 34.6 Å². The van der Waals surface area contributed by atoms with Gasteiger partial charge in [-0.05, 0) is 43.1 Å². The standard InChI is InChI=1S/C13H16BrFN2O2/c14-10-4-9(5-11(15)6-10)7-17-3-1-2-13(19,8-17)12(16)18/h4-6,19H,1-3,7-8H2,(H2,16,18)/t13-/m0/s1. The van der Waals surface area contributed by atoms with E-state index in [1.54, 1.807) is 0 Å². The number of benzene rings is 1. The SMILES string of the molecule is NC(=O)[C@]1(O)CCCN(Cc2cc(F)cc(Br)c2)C1. The second-order valence-electron chi connectivity index (χ2n) is 4.99. The third-order valence-corrected chi connectivity index (χ3v) is 3.79. The highest BCUT2D eigenvalue weighted by Gasteiger charge is 2.38. The van der Waals surface area contributed by atoms with Crippen LogP contribution in [0.3, 0.4) is 0 Å². The maximum Gasteiger partial charge on any atom is 0.250 e. The Morgan fingerprint density at radius 3 is 2.89 bits per heavy atom. The summed E-state index contributed by atoms with van der Waals surface area (Å²) >= 11 is 3.24. The molecular weight excluding hydrogens is 315 g/mol. The molecule has 0 bridgehead atoms. The molecule has 1 heterocycles. The van der Waals surface area contributed by atoms with Gasteiger partial charge in [-0.15, -0.1) is 0 Å². The van der Waals surface area contributed by atoms with E-state index in [9.17, 15) is 14.3 Å². The van der Waals surface area contributed by atoms with Crippen molar-refractivity contribution in [3.8, 4) is 0 Å². The number of likely N-dealkylation sites (tertiary alicyclic amines) is 1. The van der Waals surface area contributed by atoms with Crippen LogP contribution in [0.25, 0.3) is 0 Å². The first-order chi connectivity index (χ1) is 8.89. The summed E-state index contributed by atoms with van der Waals surface area (Å²) in [6, 6.07) is 4.66. The summed E-state index contributed by atoms with van der Waals surface area (Å²) in [7, 11) is 0. The number of carbonyl (C=O) groups excluding carboxylic acids is 1. The van der Waals surface area contributed by atoms with Crippen molar-refractivity contribution < 1.29 is 14.3 Å². The van der Waals surface area contributed by atoms with E-state index in [1.165, 1.54) is 12.1 Å². The number of primary amides is 1. The van der Waals surface area contributed by atoms with Crippen LogP contribution < -0.4 is 5.73 Å². The van der Waals surface area contributed by atoms with E-state index in [-0.39, 0.29) is 12.4 Å². The van der Waals surface area contributed by atoms with Crippen molar-refractivity contribution in [2.45, 2.75) is 25.0 Å². The van der Waals surface area contributed by atoms with E-state index >= 15 is 0 Å². The predicted molar refractivity (Wildman–Crippen MR) is 72.8 cm³/mol. The van der Waals surface area contributed by atoms with Crippen LogP contribution in [-0.2, 0) is 11.3 Å². The van der Waals surface area contributed by atoms with Gasteiger partial charge < -0.3 is 10.8 Å². The van der Waals surface area contributed by atoms with Crippen molar-refractivity contribution >= 4 is 21.8 Å². The van der Waals surface area contributed by atoms with Gasteiger partial charge in [0.15, 0.2) is 5.60 Å². The maximum absolute atomic E-state index is 13.3. The number of carbonyl (C=O) groups is 1. The molecule has 0 aliphatic carbocycles. The van der Waals surface area contributed by atoms with Gasteiger partial charge in [0.1, 0.15) is 5.82 Å². The zero-order valence-electron chi connectivity index (χ0n) is 10.4. The topological polar surface area (TPSA) is 66.6 Å². The molecule has 1 aromatic rings. The van der Waals surface area contributed by atoms with Crippen LogP contribution in [0, 0.1) is 5.82 Å². The van der Waals surface area contributed by atoms with E-state index in [4.69, 9.17) is 5.73 Å². The first kappa shape index (κ1) is 14.4. The molecule has 1 fully saturated rings. The minimum Gasteiger partial charge on any atom is -0.379 e. The Kier molecular flexibility index (Phi) is 4.23. The Hall–Kier alpha value is -0.980. The predicted octanol–water partition coefficient (Wildman–Crippen LogP) is 1.40. The van der Waals surface area contributed by atoms with Gasteiger partial charge in [0.05, 0.1) is 0 Å². The van der Waals surface area contributed by atoms with Crippen LogP contribution >= 0.6 is 15.9 Å². The highest BCUT2D eigenvalue weighted by Crippen LogP contribution is 2.23. The number of nitrogens with zero attached hydrogens (tertiary/aromatic N) is 1. The molecule has 1 aliphatic rings. The molecule has 2 rings (SSSR count). The molecule has 4 nitrogen and oxygen atoms in total. The number of amides is 1. The number of aliphatic hydroxyl groups is 1. The lowest BCUT2D eigenvalue weighted by Crippen LogP contribution is -2.55. The van der Waals surface area contributed by atoms with Crippen molar-refractivity contribution in [3.63, 3.8) is 0 Å². The summed E-state index contributed by atoms with van der Waals surface area (Å²) in [6.07, 6.45) is 1.07. The van der Waals surface area contributed by atoms with Gasteiger partial charge in [0, 0.05) is 17.6 Å². The van der Waals surface area contributed by atoms with Crippen LogP contribution in [0.1, 0.15) is 18.4 Å². The Labute approximate surface area is 119 Å². The lowest BCUT2D eigenvalue weighted by atomic mass is 9.92. The second-order valence-corrected chi connectivity index (χ2v) is 5.90. The zero-order chi connectivity index (χ0) is 14.0. The third kappa shape index (κ3) is 3.52. The molecule has 0 aromatic heterocycles. The first-order valence-electron chi connectivity index (χ1n) is 6.09. The summed E-state index contributed by atoms with van der Waals surface area (Å²) in [6.45, 7) is 1.42. The summed E-state index contributed by atoms with van der Waals surface area (Å²) in [5.41, 5.74) is 4.54. The normalized spacial score (nSPS) is 24.4. The molecule has 0 spiro atoms. The van der Waals surface area contributed by atoms with Crippen molar-refractivity contribution in [1.29, 1.82) is 0 Å². The van der Waals surface area contributed by atoms with E-state index in [0.717, 1.165) is 12.1 Å². The summed E-state index contributed by atoms with van der Waals surface area (Å²) < 4.78 is 14.0. The molecule has 1 saturated heterocycles. The van der Waals surface area contributed by atoms with Gasteiger partial charge >= 0.3 is 0 Å². The van der Waals surface area contributed by atoms with Crippen molar-refractivity contribution in [2.75, 3.05) is 13.1 Å². The average molecular weight is 331 g/mol. The van der Waals surface area contributed by atoms with Crippen LogP contribution in [0.4, 0.5) is 4.39 Å². The first-order valence-corrected chi connectivity index (χ1v) is 6.88. The number of piperidine rings is 1. The largest absolute Gasteiger partial charge is 0.379 e. The minimum absolute atomic E-state index is 0.191. The van der Waals surface area contributed by atoms with Gasteiger partial charge in [-0.2, -0.15) is 0 Å². The Morgan fingerprint density at radius 2 is 2.26 bits per heavy atom. The molecule has 0 saturated carbocycles. The summed E-state index contributed by atoms with van der Waals surface area (Å²) in [5, 5.41) is 10.1. The number of β-amino-alcohol motifs (C(OH)–C–C–N with tert-alkyl or cyclic N) is 1. The van der Waals surface area contributed by atoms with Gasteiger partial charge in [0.2, 0.25) is 0 Å². The highest BCUT2D eigenvalue weighted by molar-refractivity contribution is 9.10. The van der Waals surface area contributed by atoms with Gasteiger partial charge in [-0.1, -0.05) is 15.9 Å². The molecule has 1 atom stereocenters. The van der Waals surface area contributed by atoms with Crippen molar-refractivity contribution in [3.05, 3.63) is 34.1 Å². The molecule has 1 aromatic carbocycles. The van der Waals surface area contributed by atoms with E-state index < -0.39 is 11.5 Å². The van der Waals surface area contributed by atoms with Crippen LogP contribution in [0.2, 0.25) is 0 Å². The number of hydrogen-bond acceptors (Lipinski definition) is 3. The smallest absolute Gasteiger partial charge is 0.250 e. The van der Waals surface area contributed by atoms with E-state index in [1.807, 2.05) is 11.0 Å². The average Bonchev–Trinajstić information content (AvgIpc) is 2.27. The molecule has 1 aliphatic heterocycles. The number of hydrogen-bond donors (Lipinski definition) is 2. The molecule has 19 heavy (non-hydrogen) atoms. The quantitative estimate of drug-likeness (QED) is 0.880. The maximum atomic E-state index is 13.3. The van der Waals surface area contributed by atoms with Gasteiger partial charge in [0.25, 0.3) is 5.91 Å². The van der Waals surface area contributed by atoms with Gasteiger partial charge in [-0.25, -0.2) is 4.39 Å². The highest BCUT2D eigenvalue weighted by atomic mass is 79.9. The fourth-order valence-corrected chi connectivity index (χ4v) is 2.93. The fraction of sp³-hybridized carbons (Fsp3) is 0.462. The second kappa shape index (κ2) is 5.56. The van der Waals surface area contributed by atoms with Crippen LogP contribution in [0.15, 0.2) is 22.7 Å². The molecule has 1 amide bonds. The summed E-state index contributed by atoms with van der Waals surface area (Å²) in [4.78, 5) is 13.2. The lowest BCUT2D eigenvalue weighted by Gasteiger charge is -2.37. The number of halogens is 2. The van der Waals surface area contributed by atoms with Crippen LogP contribution in [0.5, 0.6) is 0 Å². The molecule has 104 valence electrons. The molecule has 0 radical (unpaired) electrons. The number of rotatable bonds is 3. The Morgan fingerprint density at radius 1 is 1.53 bits per heavy atom. The molecule has 6 heteroatoms. The van der Waals surface area contributed by atoms with E-state index in [2.05, 4.69) is 15.9 Å². The minimum atomic E-state index is -1.47. The molecule has 0 unspecified atom stereocenters.